The summed E-state index contributed by atoms with van der Waals surface area (Å²) in [6, 6.07) is 16.5. The van der Waals surface area contributed by atoms with Gasteiger partial charge in [0.15, 0.2) is 0 Å². The number of amides is 4. The van der Waals surface area contributed by atoms with Gasteiger partial charge in [-0.3, -0.25) is 9.59 Å². The third-order valence-electron chi connectivity index (χ3n) is 5.63. The molecule has 1 saturated heterocycles. The number of likely N-dealkylation sites (tertiary alicyclic amines) is 1. The third kappa shape index (κ3) is 4.64. The highest BCUT2D eigenvalue weighted by Crippen LogP contribution is 2.36. The van der Waals surface area contributed by atoms with Crippen molar-refractivity contribution in [3.05, 3.63) is 71.8 Å². The molecule has 0 spiro atoms. The van der Waals surface area contributed by atoms with Crippen LogP contribution in [-0.4, -0.2) is 47.4 Å². The van der Waals surface area contributed by atoms with Gasteiger partial charge >= 0.3 is 12.0 Å². The standard InChI is InChI=1S/C24H27N3O5/c1-16(19-12-8-5-9-13-19)26-23(31)27-20(28)15-24(27,14-18-10-6-4-7-11-18)22(30)25-17(2)21(29)32-3/h4-13,16-17H,14-15H2,1-3H3,(H,25,30)(H,26,31)/t16-,17+,24-/m1/s1. The minimum Gasteiger partial charge on any atom is -0.467 e. The highest BCUT2D eigenvalue weighted by Gasteiger charge is 2.59. The van der Waals surface area contributed by atoms with E-state index < -0.39 is 35.4 Å². The molecule has 0 saturated carbocycles. The van der Waals surface area contributed by atoms with Crippen molar-refractivity contribution in [3.8, 4) is 0 Å². The zero-order valence-corrected chi connectivity index (χ0v) is 18.3. The molecule has 2 aromatic rings. The van der Waals surface area contributed by atoms with E-state index in [1.54, 1.807) is 6.92 Å². The molecule has 168 valence electrons. The second-order valence-electron chi connectivity index (χ2n) is 7.90. The molecule has 32 heavy (non-hydrogen) atoms. The maximum Gasteiger partial charge on any atom is 0.328 e. The number of hydrogen-bond donors (Lipinski definition) is 2. The van der Waals surface area contributed by atoms with Crippen molar-refractivity contribution in [2.75, 3.05) is 7.11 Å². The van der Waals surface area contributed by atoms with E-state index in [2.05, 4.69) is 15.4 Å². The topological polar surface area (TPSA) is 105 Å². The van der Waals surface area contributed by atoms with Crippen molar-refractivity contribution in [1.82, 2.24) is 15.5 Å². The summed E-state index contributed by atoms with van der Waals surface area (Å²) in [6.07, 6.45) is -0.0127. The van der Waals surface area contributed by atoms with E-state index >= 15 is 0 Å². The molecule has 3 atom stereocenters. The summed E-state index contributed by atoms with van der Waals surface area (Å²) >= 11 is 0. The van der Waals surface area contributed by atoms with Gasteiger partial charge in [-0.05, 0) is 25.0 Å². The Hall–Kier alpha value is -3.68. The molecule has 4 amide bonds. The first-order valence-corrected chi connectivity index (χ1v) is 10.4. The third-order valence-corrected chi connectivity index (χ3v) is 5.63. The summed E-state index contributed by atoms with van der Waals surface area (Å²) in [4.78, 5) is 51.8. The Kier molecular flexibility index (Phi) is 6.92. The van der Waals surface area contributed by atoms with Gasteiger partial charge in [-0.2, -0.15) is 0 Å². The predicted octanol–water partition coefficient (Wildman–Crippen LogP) is 2.35. The highest BCUT2D eigenvalue weighted by molar-refractivity contribution is 6.11. The van der Waals surface area contributed by atoms with Gasteiger partial charge in [0, 0.05) is 6.42 Å². The monoisotopic (exact) mass is 437 g/mol. The van der Waals surface area contributed by atoms with Crippen molar-refractivity contribution in [3.63, 3.8) is 0 Å². The van der Waals surface area contributed by atoms with E-state index in [9.17, 15) is 19.2 Å². The molecule has 0 bridgehead atoms. The van der Waals surface area contributed by atoms with Crippen LogP contribution in [-0.2, 0) is 25.5 Å². The number of esters is 1. The second kappa shape index (κ2) is 9.64. The lowest BCUT2D eigenvalue weighted by atomic mass is 9.77. The number of carbonyl (C=O) groups is 4. The van der Waals surface area contributed by atoms with Crippen molar-refractivity contribution in [2.45, 2.75) is 44.3 Å². The largest absolute Gasteiger partial charge is 0.467 e. The smallest absolute Gasteiger partial charge is 0.328 e. The Morgan fingerprint density at radius 2 is 1.59 bits per heavy atom. The van der Waals surface area contributed by atoms with Crippen LogP contribution in [0.5, 0.6) is 0 Å². The van der Waals surface area contributed by atoms with Gasteiger partial charge < -0.3 is 15.4 Å². The number of imide groups is 1. The van der Waals surface area contributed by atoms with Gasteiger partial charge in [0.1, 0.15) is 11.6 Å². The quantitative estimate of drug-likeness (QED) is 0.511. The zero-order chi connectivity index (χ0) is 23.3. The summed E-state index contributed by atoms with van der Waals surface area (Å²) in [5.41, 5.74) is 0.210. The number of methoxy groups -OCH3 is 1. The number of ether oxygens (including phenoxy) is 1. The van der Waals surface area contributed by atoms with E-state index in [-0.39, 0.29) is 18.9 Å². The number of urea groups is 1. The Morgan fingerprint density at radius 3 is 2.16 bits per heavy atom. The minimum atomic E-state index is -1.44. The van der Waals surface area contributed by atoms with Crippen LogP contribution in [0.4, 0.5) is 4.79 Å². The fourth-order valence-corrected chi connectivity index (χ4v) is 3.84. The Balaban J connectivity index is 1.87. The average Bonchev–Trinajstić information content (AvgIpc) is 2.78. The van der Waals surface area contributed by atoms with Crippen molar-refractivity contribution < 1.29 is 23.9 Å². The lowest BCUT2D eigenvalue weighted by Crippen LogP contribution is -2.75. The number of carbonyl (C=O) groups excluding carboxylic acids is 4. The molecule has 0 radical (unpaired) electrons. The van der Waals surface area contributed by atoms with Gasteiger partial charge in [0.05, 0.1) is 19.6 Å². The summed E-state index contributed by atoms with van der Waals surface area (Å²) in [5, 5.41) is 5.40. The molecule has 1 aliphatic rings. The molecule has 8 heteroatoms. The number of benzene rings is 2. The number of hydrogen-bond acceptors (Lipinski definition) is 5. The lowest BCUT2D eigenvalue weighted by Gasteiger charge is -2.49. The number of β-lactam (4-membered cyclic amide) rings is 1. The van der Waals surface area contributed by atoms with Crippen LogP contribution < -0.4 is 10.6 Å². The molecule has 8 nitrogen and oxygen atoms in total. The summed E-state index contributed by atoms with van der Waals surface area (Å²) in [7, 11) is 1.22. The van der Waals surface area contributed by atoms with Gasteiger partial charge in [0.2, 0.25) is 11.8 Å². The number of nitrogens with one attached hydrogen (secondary N) is 2. The van der Waals surface area contributed by atoms with E-state index in [1.165, 1.54) is 14.0 Å². The summed E-state index contributed by atoms with van der Waals surface area (Å²) < 4.78 is 4.68. The normalized spacial score (nSPS) is 19.3. The van der Waals surface area contributed by atoms with Crippen molar-refractivity contribution in [1.29, 1.82) is 0 Å². The number of rotatable bonds is 7. The average molecular weight is 437 g/mol. The molecule has 0 aliphatic carbocycles. The molecule has 2 aromatic carbocycles. The van der Waals surface area contributed by atoms with Crippen LogP contribution in [0.25, 0.3) is 0 Å². The lowest BCUT2D eigenvalue weighted by molar-refractivity contribution is -0.161. The number of nitrogens with zero attached hydrogens (tertiary/aromatic N) is 1. The van der Waals surface area contributed by atoms with Crippen LogP contribution in [0.3, 0.4) is 0 Å². The SMILES string of the molecule is COC(=O)[C@H](C)NC(=O)[C@@]1(Cc2ccccc2)CC(=O)N1C(=O)N[C@H](C)c1ccccc1. The Bertz CT molecular complexity index is 995. The Morgan fingerprint density at radius 1 is 1.00 bits per heavy atom. The fourth-order valence-electron chi connectivity index (χ4n) is 3.84. The van der Waals surface area contributed by atoms with Crippen LogP contribution in [0.15, 0.2) is 60.7 Å². The van der Waals surface area contributed by atoms with Crippen molar-refractivity contribution >= 4 is 23.8 Å². The first-order chi connectivity index (χ1) is 15.3. The molecule has 1 aliphatic heterocycles. The van der Waals surface area contributed by atoms with Gasteiger partial charge in [-0.15, -0.1) is 0 Å². The van der Waals surface area contributed by atoms with E-state index in [0.717, 1.165) is 16.0 Å². The van der Waals surface area contributed by atoms with Crippen molar-refractivity contribution in [2.24, 2.45) is 0 Å². The molecule has 1 heterocycles. The summed E-state index contributed by atoms with van der Waals surface area (Å²) in [5.74, 6) is -1.66. The molecular formula is C24H27N3O5. The molecular weight excluding hydrogens is 410 g/mol. The van der Waals surface area contributed by atoms with Crippen LogP contribution in [0.2, 0.25) is 0 Å². The van der Waals surface area contributed by atoms with Gasteiger partial charge in [-0.1, -0.05) is 60.7 Å². The minimum absolute atomic E-state index is 0.131. The van der Waals surface area contributed by atoms with Crippen LogP contribution in [0.1, 0.15) is 37.4 Å². The molecule has 0 unspecified atom stereocenters. The first-order valence-electron chi connectivity index (χ1n) is 10.4. The maximum absolute atomic E-state index is 13.3. The molecule has 2 N–H and O–H groups in total. The highest BCUT2D eigenvalue weighted by atomic mass is 16.5. The molecule has 1 fully saturated rings. The second-order valence-corrected chi connectivity index (χ2v) is 7.90. The molecule has 3 rings (SSSR count). The summed E-state index contributed by atoms with van der Waals surface area (Å²) in [6.45, 7) is 3.29. The maximum atomic E-state index is 13.3. The first kappa shape index (κ1) is 23.0. The Labute approximate surface area is 186 Å². The molecule has 0 aromatic heterocycles. The van der Waals surface area contributed by atoms with Crippen LogP contribution >= 0.6 is 0 Å². The zero-order valence-electron chi connectivity index (χ0n) is 18.3. The predicted molar refractivity (Wildman–Crippen MR) is 117 cm³/mol. The van der Waals surface area contributed by atoms with E-state index in [1.807, 2.05) is 60.7 Å². The van der Waals surface area contributed by atoms with E-state index in [4.69, 9.17) is 0 Å². The van der Waals surface area contributed by atoms with Gasteiger partial charge in [-0.25, -0.2) is 14.5 Å². The fraction of sp³-hybridized carbons (Fsp3) is 0.333. The van der Waals surface area contributed by atoms with Gasteiger partial charge in [0.25, 0.3) is 0 Å². The van der Waals surface area contributed by atoms with E-state index in [0.29, 0.717) is 0 Å². The van der Waals surface area contributed by atoms with Crippen LogP contribution in [0, 0.1) is 0 Å².